The summed E-state index contributed by atoms with van der Waals surface area (Å²) in [7, 11) is 3.07. The first-order valence-corrected chi connectivity index (χ1v) is 7.69. The largest absolute Gasteiger partial charge is 0.493 e. The van der Waals surface area contributed by atoms with E-state index in [1.807, 2.05) is 6.92 Å². The van der Waals surface area contributed by atoms with Crippen LogP contribution in [0.15, 0.2) is 29.5 Å². The van der Waals surface area contributed by atoms with Crippen LogP contribution in [0.3, 0.4) is 0 Å². The van der Waals surface area contributed by atoms with Crippen LogP contribution in [0.5, 0.6) is 11.5 Å². The zero-order chi connectivity index (χ0) is 17.7. The van der Waals surface area contributed by atoms with Crippen molar-refractivity contribution in [2.45, 2.75) is 26.3 Å². The predicted octanol–water partition coefficient (Wildman–Crippen LogP) is 2.28. The minimum Gasteiger partial charge on any atom is -0.493 e. The Labute approximate surface area is 141 Å². The fourth-order valence-corrected chi connectivity index (χ4v) is 2.52. The van der Waals surface area contributed by atoms with Crippen LogP contribution in [-0.4, -0.2) is 32.8 Å². The third-order valence-corrected chi connectivity index (χ3v) is 3.67. The minimum atomic E-state index is -0.622. The molecule has 0 radical (unpaired) electrons. The first kappa shape index (κ1) is 17.7. The SMILES string of the molecule is CCCOC(=O)C1=C(C)NC(=O)N[C@@H]1c1ccc(OC)c(OC)c1. The lowest BCUT2D eigenvalue weighted by atomic mass is 9.95. The van der Waals surface area contributed by atoms with Gasteiger partial charge in [-0.15, -0.1) is 0 Å². The van der Waals surface area contributed by atoms with Crippen molar-refractivity contribution in [3.8, 4) is 11.5 Å². The molecule has 0 aromatic heterocycles. The zero-order valence-electron chi connectivity index (χ0n) is 14.3. The molecule has 0 fully saturated rings. The number of urea groups is 1. The molecule has 0 saturated heterocycles. The fraction of sp³-hybridized carbons (Fsp3) is 0.412. The van der Waals surface area contributed by atoms with Gasteiger partial charge < -0.3 is 24.8 Å². The van der Waals surface area contributed by atoms with Crippen molar-refractivity contribution in [1.29, 1.82) is 0 Å². The molecular weight excluding hydrogens is 312 g/mol. The summed E-state index contributed by atoms with van der Waals surface area (Å²) in [6.45, 7) is 3.92. The molecule has 1 aromatic carbocycles. The van der Waals surface area contributed by atoms with Crippen molar-refractivity contribution >= 4 is 12.0 Å². The van der Waals surface area contributed by atoms with E-state index in [1.165, 1.54) is 7.11 Å². The lowest BCUT2D eigenvalue weighted by Gasteiger charge is -2.28. The van der Waals surface area contributed by atoms with Crippen molar-refractivity contribution in [3.63, 3.8) is 0 Å². The average molecular weight is 334 g/mol. The molecule has 7 nitrogen and oxygen atoms in total. The first-order chi connectivity index (χ1) is 11.5. The molecular formula is C17H22N2O5. The molecule has 0 saturated carbocycles. The Morgan fingerprint density at radius 2 is 1.92 bits per heavy atom. The average Bonchev–Trinajstić information content (AvgIpc) is 2.58. The van der Waals surface area contributed by atoms with Crippen molar-refractivity contribution in [3.05, 3.63) is 35.0 Å². The second kappa shape index (κ2) is 7.72. The summed E-state index contributed by atoms with van der Waals surface area (Å²) in [6.07, 6.45) is 0.721. The number of carbonyl (C=O) groups excluding carboxylic acids is 2. The highest BCUT2D eigenvalue weighted by Crippen LogP contribution is 2.34. The van der Waals surface area contributed by atoms with E-state index < -0.39 is 12.0 Å². The van der Waals surface area contributed by atoms with Gasteiger partial charge in [-0.25, -0.2) is 9.59 Å². The van der Waals surface area contributed by atoms with Gasteiger partial charge in [0.15, 0.2) is 11.5 Å². The highest BCUT2D eigenvalue weighted by Gasteiger charge is 2.32. The van der Waals surface area contributed by atoms with E-state index in [1.54, 1.807) is 32.2 Å². The van der Waals surface area contributed by atoms with Gasteiger partial charge >= 0.3 is 12.0 Å². The Morgan fingerprint density at radius 3 is 2.54 bits per heavy atom. The number of allylic oxidation sites excluding steroid dienone is 1. The Kier molecular flexibility index (Phi) is 5.68. The number of hydrogen-bond donors (Lipinski definition) is 2. The minimum absolute atomic E-state index is 0.322. The number of esters is 1. The van der Waals surface area contributed by atoms with Gasteiger partial charge in [0.2, 0.25) is 0 Å². The van der Waals surface area contributed by atoms with Gasteiger partial charge in [-0.2, -0.15) is 0 Å². The fourth-order valence-electron chi connectivity index (χ4n) is 2.52. The van der Waals surface area contributed by atoms with Crippen molar-refractivity contribution < 1.29 is 23.8 Å². The maximum absolute atomic E-state index is 12.4. The van der Waals surface area contributed by atoms with E-state index in [-0.39, 0.29) is 6.03 Å². The topological polar surface area (TPSA) is 85.9 Å². The third kappa shape index (κ3) is 3.61. The van der Waals surface area contributed by atoms with Gasteiger partial charge in [0.25, 0.3) is 0 Å². The van der Waals surface area contributed by atoms with E-state index in [9.17, 15) is 9.59 Å². The van der Waals surface area contributed by atoms with Gasteiger partial charge in [-0.3, -0.25) is 0 Å². The van der Waals surface area contributed by atoms with E-state index >= 15 is 0 Å². The van der Waals surface area contributed by atoms with Crippen LogP contribution in [0.25, 0.3) is 0 Å². The molecule has 0 spiro atoms. The smallest absolute Gasteiger partial charge is 0.338 e. The Balaban J connectivity index is 2.43. The van der Waals surface area contributed by atoms with Gasteiger partial charge in [0.05, 0.1) is 32.4 Å². The Morgan fingerprint density at radius 1 is 1.21 bits per heavy atom. The van der Waals surface area contributed by atoms with Crippen LogP contribution in [-0.2, 0) is 9.53 Å². The first-order valence-electron chi connectivity index (χ1n) is 7.69. The maximum Gasteiger partial charge on any atom is 0.338 e. The van der Waals surface area contributed by atoms with Gasteiger partial charge in [0, 0.05) is 5.70 Å². The molecule has 0 unspecified atom stereocenters. The molecule has 1 atom stereocenters. The number of benzene rings is 1. The number of ether oxygens (including phenoxy) is 3. The molecule has 2 rings (SSSR count). The molecule has 0 bridgehead atoms. The highest BCUT2D eigenvalue weighted by molar-refractivity contribution is 5.95. The number of amides is 2. The molecule has 1 aromatic rings. The highest BCUT2D eigenvalue weighted by atomic mass is 16.5. The number of methoxy groups -OCH3 is 2. The van der Waals surface area contributed by atoms with Crippen molar-refractivity contribution in [1.82, 2.24) is 10.6 Å². The molecule has 1 heterocycles. The lowest BCUT2D eigenvalue weighted by Crippen LogP contribution is -2.45. The Hall–Kier alpha value is -2.70. The number of hydrogen-bond acceptors (Lipinski definition) is 5. The van der Waals surface area contributed by atoms with E-state index in [0.717, 1.165) is 6.42 Å². The zero-order valence-corrected chi connectivity index (χ0v) is 14.3. The third-order valence-electron chi connectivity index (χ3n) is 3.67. The number of nitrogens with one attached hydrogen (secondary N) is 2. The molecule has 1 aliphatic heterocycles. The van der Waals surface area contributed by atoms with Gasteiger partial charge in [-0.1, -0.05) is 13.0 Å². The van der Waals surface area contributed by atoms with E-state index in [0.29, 0.717) is 34.9 Å². The summed E-state index contributed by atoms with van der Waals surface area (Å²) in [5.41, 5.74) is 1.54. The maximum atomic E-state index is 12.4. The van der Waals surface area contributed by atoms with Crippen LogP contribution in [0.4, 0.5) is 4.79 Å². The summed E-state index contributed by atoms with van der Waals surface area (Å²) < 4.78 is 15.8. The molecule has 2 N–H and O–H groups in total. The summed E-state index contributed by atoms with van der Waals surface area (Å²) in [5.74, 6) is 0.626. The van der Waals surface area contributed by atoms with Crippen LogP contribution >= 0.6 is 0 Å². The number of carbonyl (C=O) groups is 2. The quantitative estimate of drug-likeness (QED) is 0.780. The van der Waals surface area contributed by atoms with Gasteiger partial charge in [-0.05, 0) is 31.0 Å². The summed E-state index contributed by atoms with van der Waals surface area (Å²) >= 11 is 0. The summed E-state index contributed by atoms with van der Waals surface area (Å²) in [4.78, 5) is 24.3. The summed E-state index contributed by atoms with van der Waals surface area (Å²) in [5, 5.41) is 5.36. The van der Waals surface area contributed by atoms with Crippen LogP contribution in [0.2, 0.25) is 0 Å². The normalized spacial score (nSPS) is 17.0. The molecule has 2 amide bonds. The van der Waals surface area contributed by atoms with Crippen molar-refractivity contribution in [2.24, 2.45) is 0 Å². The van der Waals surface area contributed by atoms with Crippen LogP contribution in [0.1, 0.15) is 31.9 Å². The lowest BCUT2D eigenvalue weighted by molar-refractivity contribution is -0.139. The molecule has 24 heavy (non-hydrogen) atoms. The van der Waals surface area contributed by atoms with E-state index in [2.05, 4.69) is 10.6 Å². The predicted molar refractivity (Wildman–Crippen MR) is 87.9 cm³/mol. The van der Waals surface area contributed by atoms with Crippen LogP contribution < -0.4 is 20.1 Å². The second-order valence-corrected chi connectivity index (χ2v) is 5.32. The Bertz CT molecular complexity index is 669. The van der Waals surface area contributed by atoms with Gasteiger partial charge in [0.1, 0.15) is 0 Å². The molecule has 7 heteroatoms. The molecule has 0 aliphatic carbocycles. The number of rotatable bonds is 6. The molecule has 1 aliphatic rings. The van der Waals surface area contributed by atoms with Crippen molar-refractivity contribution in [2.75, 3.05) is 20.8 Å². The van der Waals surface area contributed by atoms with Crippen LogP contribution in [0, 0.1) is 0 Å². The summed E-state index contributed by atoms with van der Waals surface area (Å²) in [6, 6.07) is 4.24. The standard InChI is InChI=1S/C17H22N2O5/c1-5-8-24-16(20)14-10(2)18-17(21)19-15(14)11-6-7-12(22-3)13(9-11)23-4/h6-7,9,15H,5,8H2,1-4H3,(H2,18,19,21)/t15-/m1/s1. The van der Waals surface area contributed by atoms with E-state index in [4.69, 9.17) is 14.2 Å². The monoisotopic (exact) mass is 334 g/mol. The molecule has 130 valence electrons. The second-order valence-electron chi connectivity index (χ2n) is 5.32.